The van der Waals surface area contributed by atoms with Gasteiger partial charge < -0.3 is 14.2 Å². The molecule has 166 valence electrons. The molecule has 4 aromatic rings. The Kier molecular flexibility index (Phi) is 6.00. The number of nitrogens with one attached hydrogen (secondary N) is 1. The van der Waals surface area contributed by atoms with Crippen molar-refractivity contribution in [3.63, 3.8) is 0 Å². The number of benzene rings is 2. The van der Waals surface area contributed by atoms with E-state index in [0.717, 1.165) is 60.2 Å². The molecule has 1 fully saturated rings. The first-order chi connectivity index (χ1) is 15.7. The molecule has 1 N–H and O–H groups in total. The molecule has 32 heavy (non-hydrogen) atoms. The van der Waals surface area contributed by atoms with Gasteiger partial charge in [0.2, 0.25) is 0 Å². The zero-order chi connectivity index (χ0) is 21.9. The van der Waals surface area contributed by atoms with E-state index in [9.17, 15) is 9.18 Å². The number of anilines is 1. The first kappa shape index (κ1) is 20.8. The van der Waals surface area contributed by atoms with Crippen LogP contribution in [0.3, 0.4) is 0 Å². The molecule has 2 aromatic heterocycles. The molecular weight excluding hydrogens is 431 g/mol. The third-order valence-corrected chi connectivity index (χ3v) is 6.67. The van der Waals surface area contributed by atoms with Gasteiger partial charge in [-0.1, -0.05) is 5.16 Å². The van der Waals surface area contributed by atoms with Gasteiger partial charge >= 0.3 is 6.09 Å². The van der Waals surface area contributed by atoms with E-state index in [4.69, 9.17) is 9.26 Å². The van der Waals surface area contributed by atoms with Crippen molar-refractivity contribution in [3.05, 3.63) is 53.4 Å². The Labute approximate surface area is 188 Å². The highest BCUT2D eigenvalue weighted by molar-refractivity contribution is 7.16. The molecular formula is C23H23FN4O3S. The fourth-order valence-electron chi connectivity index (χ4n) is 4.20. The summed E-state index contributed by atoms with van der Waals surface area (Å²) in [6, 6.07) is 10.2. The van der Waals surface area contributed by atoms with Crippen molar-refractivity contribution in [3.8, 4) is 0 Å². The molecule has 0 spiro atoms. The molecule has 9 heteroatoms. The first-order valence-electron chi connectivity index (χ1n) is 10.7. The van der Waals surface area contributed by atoms with Crippen LogP contribution in [0.5, 0.6) is 0 Å². The lowest BCUT2D eigenvalue weighted by Gasteiger charge is -2.31. The molecule has 0 saturated carbocycles. The Bertz CT molecular complexity index is 1230. The summed E-state index contributed by atoms with van der Waals surface area (Å²) >= 11 is 1.56. The molecule has 0 atom stereocenters. The van der Waals surface area contributed by atoms with Gasteiger partial charge in [0.05, 0.1) is 28.0 Å². The van der Waals surface area contributed by atoms with E-state index in [0.29, 0.717) is 23.8 Å². The fourth-order valence-corrected chi connectivity index (χ4v) is 4.86. The summed E-state index contributed by atoms with van der Waals surface area (Å²) in [6.07, 6.45) is 2.27. The Morgan fingerprint density at radius 1 is 1.25 bits per heavy atom. The van der Waals surface area contributed by atoms with E-state index < -0.39 is 6.09 Å². The number of ether oxygens (including phenoxy) is 1. The molecule has 7 nitrogen and oxygen atoms in total. The third-order valence-electron chi connectivity index (χ3n) is 5.86. The topological polar surface area (TPSA) is 80.5 Å². The molecule has 0 aliphatic carbocycles. The summed E-state index contributed by atoms with van der Waals surface area (Å²) in [5.74, 6) is 0.00139. The lowest BCUT2D eigenvalue weighted by Crippen LogP contribution is -2.34. The lowest BCUT2D eigenvalue weighted by molar-refractivity contribution is 0.145. The quantitative estimate of drug-likeness (QED) is 0.393. The molecule has 1 amide bonds. The Morgan fingerprint density at radius 3 is 3.00 bits per heavy atom. The number of hydrogen-bond acceptors (Lipinski definition) is 7. The van der Waals surface area contributed by atoms with Gasteiger partial charge in [0.25, 0.3) is 0 Å². The van der Waals surface area contributed by atoms with Crippen LogP contribution in [0.1, 0.15) is 30.9 Å². The molecule has 1 aliphatic heterocycles. The minimum absolute atomic E-state index is 0.313. The fraction of sp³-hybridized carbons (Fsp3) is 0.348. The van der Waals surface area contributed by atoms with Gasteiger partial charge in [0, 0.05) is 29.6 Å². The molecule has 2 aromatic carbocycles. The molecule has 5 rings (SSSR count). The summed E-state index contributed by atoms with van der Waals surface area (Å²) in [5.41, 5.74) is 4.75. The van der Waals surface area contributed by atoms with Gasteiger partial charge in [-0.15, -0.1) is 11.3 Å². The van der Waals surface area contributed by atoms with Crippen LogP contribution in [-0.4, -0.2) is 47.4 Å². The van der Waals surface area contributed by atoms with Crippen LogP contribution >= 0.6 is 11.3 Å². The number of hydrogen-bond donors (Lipinski definition) is 1. The summed E-state index contributed by atoms with van der Waals surface area (Å²) in [7, 11) is 0. The second kappa shape index (κ2) is 9.22. The monoisotopic (exact) mass is 454 g/mol. The van der Waals surface area contributed by atoms with Crippen LogP contribution in [0.25, 0.3) is 21.2 Å². The minimum Gasteiger partial charge on any atom is -0.449 e. The highest BCUT2D eigenvalue weighted by atomic mass is 32.1. The average molecular weight is 455 g/mol. The maximum absolute atomic E-state index is 13.4. The standard InChI is InChI=1S/C23H23FN4O3S/c24-16-2-4-18-20(12-16)31-27-22(18)15-6-9-28(10-7-15)8-1-11-30-23(29)26-17-3-5-21-19(13-17)25-14-32-21/h2-5,12-15H,1,6-11H2,(H,26,29). The third kappa shape index (κ3) is 4.58. The van der Waals surface area contributed by atoms with Crippen molar-refractivity contribution in [2.24, 2.45) is 0 Å². The van der Waals surface area contributed by atoms with Crippen LogP contribution in [0, 0.1) is 5.82 Å². The number of fused-ring (bicyclic) bond motifs is 2. The highest BCUT2D eigenvalue weighted by Crippen LogP contribution is 2.32. The molecule has 0 radical (unpaired) electrons. The van der Waals surface area contributed by atoms with Gasteiger partial charge in [-0.25, -0.2) is 14.2 Å². The largest absolute Gasteiger partial charge is 0.449 e. The smallest absolute Gasteiger partial charge is 0.411 e. The van der Waals surface area contributed by atoms with Crippen molar-refractivity contribution < 1.29 is 18.4 Å². The zero-order valence-electron chi connectivity index (χ0n) is 17.4. The summed E-state index contributed by atoms with van der Waals surface area (Å²) in [6.45, 7) is 3.12. The van der Waals surface area contributed by atoms with Crippen molar-refractivity contribution in [1.29, 1.82) is 0 Å². The number of amides is 1. The molecule has 1 saturated heterocycles. The average Bonchev–Trinajstić information content (AvgIpc) is 3.43. The van der Waals surface area contributed by atoms with E-state index in [1.54, 1.807) is 22.9 Å². The number of aromatic nitrogens is 2. The molecule has 0 unspecified atom stereocenters. The number of carbonyl (C=O) groups excluding carboxylic acids is 1. The second-order valence-electron chi connectivity index (χ2n) is 7.97. The maximum Gasteiger partial charge on any atom is 0.411 e. The van der Waals surface area contributed by atoms with Crippen molar-refractivity contribution in [2.45, 2.75) is 25.2 Å². The summed E-state index contributed by atoms with van der Waals surface area (Å²) < 4.78 is 25.1. The number of halogens is 1. The minimum atomic E-state index is -0.451. The van der Waals surface area contributed by atoms with Crippen LogP contribution in [0.4, 0.5) is 14.9 Å². The van der Waals surface area contributed by atoms with Gasteiger partial charge in [0.15, 0.2) is 5.58 Å². The maximum atomic E-state index is 13.4. The molecule has 0 bridgehead atoms. The summed E-state index contributed by atoms with van der Waals surface area (Å²) in [5, 5.41) is 7.85. The predicted molar refractivity (Wildman–Crippen MR) is 122 cm³/mol. The van der Waals surface area contributed by atoms with Crippen LogP contribution in [0.2, 0.25) is 0 Å². The van der Waals surface area contributed by atoms with E-state index in [-0.39, 0.29) is 5.82 Å². The molecule has 3 heterocycles. The van der Waals surface area contributed by atoms with Crippen LogP contribution in [0.15, 0.2) is 46.4 Å². The number of piperidine rings is 1. The zero-order valence-corrected chi connectivity index (χ0v) is 18.2. The van der Waals surface area contributed by atoms with Crippen molar-refractivity contribution in [1.82, 2.24) is 15.0 Å². The predicted octanol–water partition coefficient (Wildman–Crippen LogP) is 5.39. The number of nitrogens with zero attached hydrogens (tertiary/aromatic N) is 3. The van der Waals surface area contributed by atoms with Crippen LogP contribution < -0.4 is 5.32 Å². The lowest BCUT2D eigenvalue weighted by atomic mass is 9.91. The van der Waals surface area contributed by atoms with Crippen molar-refractivity contribution >= 4 is 44.3 Å². The summed E-state index contributed by atoms with van der Waals surface area (Å²) in [4.78, 5) is 18.7. The second-order valence-corrected chi connectivity index (χ2v) is 8.86. The SMILES string of the molecule is O=C(Nc1ccc2scnc2c1)OCCCN1CCC(c2noc3cc(F)ccc23)CC1. The van der Waals surface area contributed by atoms with Crippen molar-refractivity contribution in [2.75, 3.05) is 31.6 Å². The van der Waals surface area contributed by atoms with Gasteiger partial charge in [-0.05, 0) is 62.7 Å². The Hall–Kier alpha value is -3.04. The first-order valence-corrected chi connectivity index (χ1v) is 11.6. The van der Waals surface area contributed by atoms with E-state index in [1.807, 2.05) is 18.2 Å². The Morgan fingerprint density at radius 2 is 2.12 bits per heavy atom. The van der Waals surface area contributed by atoms with E-state index in [2.05, 4.69) is 20.4 Å². The van der Waals surface area contributed by atoms with Gasteiger partial charge in [-0.3, -0.25) is 5.32 Å². The van der Waals surface area contributed by atoms with E-state index >= 15 is 0 Å². The Balaban J connectivity index is 1.04. The highest BCUT2D eigenvalue weighted by Gasteiger charge is 2.25. The molecule has 1 aliphatic rings. The number of rotatable bonds is 6. The number of carbonyl (C=O) groups is 1. The normalized spacial score (nSPS) is 15.4. The van der Waals surface area contributed by atoms with Crippen LogP contribution in [-0.2, 0) is 4.74 Å². The van der Waals surface area contributed by atoms with E-state index in [1.165, 1.54) is 12.1 Å². The number of likely N-dealkylation sites (tertiary alicyclic amines) is 1. The number of thiazole rings is 1. The van der Waals surface area contributed by atoms with Gasteiger partial charge in [0.1, 0.15) is 5.82 Å². The van der Waals surface area contributed by atoms with Gasteiger partial charge in [-0.2, -0.15) is 0 Å².